The van der Waals surface area contributed by atoms with Crippen molar-refractivity contribution in [2.75, 3.05) is 39.8 Å². The molecule has 5 rings (SSSR count). The number of carboxylic acids is 1. The van der Waals surface area contributed by atoms with Gasteiger partial charge in [-0.2, -0.15) is 4.31 Å². The lowest BCUT2D eigenvalue weighted by Crippen LogP contribution is -2.55. The summed E-state index contributed by atoms with van der Waals surface area (Å²) >= 11 is 7.04. The second-order valence-corrected chi connectivity index (χ2v) is 13.3. The lowest BCUT2D eigenvalue weighted by Gasteiger charge is -2.35. The van der Waals surface area contributed by atoms with Crippen molar-refractivity contribution in [2.24, 2.45) is 0 Å². The summed E-state index contributed by atoms with van der Waals surface area (Å²) in [6.07, 6.45) is 0.0943. The summed E-state index contributed by atoms with van der Waals surface area (Å²) in [4.78, 5) is 30.6. The van der Waals surface area contributed by atoms with Crippen molar-refractivity contribution in [1.82, 2.24) is 14.1 Å². The Morgan fingerprint density at radius 2 is 1.68 bits per heavy atom. The summed E-state index contributed by atoms with van der Waals surface area (Å²) in [5.41, 5.74) is -0.218. The van der Waals surface area contributed by atoms with Crippen molar-refractivity contribution < 1.29 is 23.1 Å². The fourth-order valence-corrected chi connectivity index (χ4v) is 8.28. The summed E-state index contributed by atoms with van der Waals surface area (Å²) in [5.74, 6) is -2.21. The third kappa shape index (κ3) is 4.99. The van der Waals surface area contributed by atoms with Gasteiger partial charge in [0, 0.05) is 42.0 Å². The zero-order chi connectivity index (χ0) is 27.1. The van der Waals surface area contributed by atoms with E-state index in [1.54, 1.807) is 59.5 Å². The first-order chi connectivity index (χ1) is 18.1. The number of nitrogens with zero attached hydrogens (tertiary/aromatic N) is 3. The number of piperazine rings is 1. The Balaban J connectivity index is 1.52. The highest BCUT2D eigenvalue weighted by molar-refractivity contribution is 7.91. The normalized spacial score (nSPS) is 22.0. The zero-order valence-corrected chi connectivity index (χ0v) is 23.2. The molecule has 0 bridgehead atoms. The number of rotatable bonds is 8. The van der Waals surface area contributed by atoms with Gasteiger partial charge in [-0.25, -0.2) is 8.42 Å². The quantitative estimate of drug-likeness (QED) is 0.440. The van der Waals surface area contributed by atoms with Gasteiger partial charge in [0.15, 0.2) is 0 Å². The van der Waals surface area contributed by atoms with Crippen LogP contribution < -0.4 is 0 Å². The molecular formula is C27H28ClN3O5S2. The fourth-order valence-electron chi connectivity index (χ4n) is 5.01. The third-order valence-corrected chi connectivity index (χ3v) is 11.1. The van der Waals surface area contributed by atoms with Crippen LogP contribution in [-0.4, -0.2) is 84.8 Å². The lowest BCUT2D eigenvalue weighted by molar-refractivity contribution is -0.144. The summed E-state index contributed by atoms with van der Waals surface area (Å²) in [6.45, 7) is 1.74. The van der Waals surface area contributed by atoms with Crippen LogP contribution in [-0.2, 0) is 19.6 Å². The largest absolute Gasteiger partial charge is 0.480 e. The molecule has 38 heavy (non-hydrogen) atoms. The summed E-state index contributed by atoms with van der Waals surface area (Å²) in [6, 6.07) is 19.2. The van der Waals surface area contributed by atoms with Gasteiger partial charge in [0.25, 0.3) is 10.0 Å². The number of thiophene rings is 1. The highest BCUT2D eigenvalue weighted by Gasteiger charge is 2.68. The average Bonchev–Trinajstić information content (AvgIpc) is 3.46. The molecule has 2 unspecified atom stereocenters. The first-order valence-corrected chi connectivity index (χ1v) is 14.9. The summed E-state index contributed by atoms with van der Waals surface area (Å²) in [5, 5.41) is 11.0. The van der Waals surface area contributed by atoms with Gasteiger partial charge in [0.2, 0.25) is 5.91 Å². The molecule has 2 aromatic carbocycles. The van der Waals surface area contributed by atoms with E-state index in [2.05, 4.69) is 4.90 Å². The topological polar surface area (TPSA) is 98.2 Å². The maximum Gasteiger partial charge on any atom is 0.325 e. The van der Waals surface area contributed by atoms with Gasteiger partial charge in [-0.3, -0.25) is 9.59 Å². The number of hydrogen-bond acceptors (Lipinski definition) is 6. The number of carboxylic acid groups (broad SMARTS) is 1. The van der Waals surface area contributed by atoms with Crippen molar-refractivity contribution in [3.63, 3.8) is 0 Å². The number of benzene rings is 2. The Bertz CT molecular complexity index is 1440. The molecule has 200 valence electrons. The molecule has 1 N–H and O–H groups in total. The van der Waals surface area contributed by atoms with E-state index in [0.29, 0.717) is 36.1 Å². The Labute approximate surface area is 231 Å². The first-order valence-electron chi connectivity index (χ1n) is 12.3. The monoisotopic (exact) mass is 573 g/mol. The Hall–Kier alpha value is -2.76. The van der Waals surface area contributed by atoms with Gasteiger partial charge in [0.05, 0.1) is 6.54 Å². The molecule has 2 aliphatic rings. The molecule has 1 aromatic heterocycles. The van der Waals surface area contributed by atoms with Gasteiger partial charge >= 0.3 is 5.97 Å². The number of hydrogen-bond donors (Lipinski definition) is 1. The van der Waals surface area contributed by atoms with Crippen LogP contribution in [0.5, 0.6) is 0 Å². The Morgan fingerprint density at radius 3 is 2.32 bits per heavy atom. The third-order valence-electron chi connectivity index (χ3n) is 7.34. The molecular weight excluding hydrogens is 546 g/mol. The maximum atomic E-state index is 14.1. The molecule has 0 spiro atoms. The van der Waals surface area contributed by atoms with Crippen molar-refractivity contribution in [3.05, 3.63) is 77.3 Å². The molecule has 2 heterocycles. The second kappa shape index (κ2) is 10.4. The molecule has 2 atom stereocenters. The Morgan fingerprint density at radius 1 is 1.03 bits per heavy atom. The minimum Gasteiger partial charge on any atom is -0.480 e. The van der Waals surface area contributed by atoms with Crippen LogP contribution in [0.1, 0.15) is 17.9 Å². The van der Waals surface area contributed by atoms with Crippen molar-refractivity contribution in [1.29, 1.82) is 0 Å². The van der Waals surface area contributed by atoms with Crippen LogP contribution in [0.4, 0.5) is 0 Å². The molecule has 0 radical (unpaired) electrons. The van der Waals surface area contributed by atoms with Crippen LogP contribution in [0.25, 0.3) is 10.4 Å². The lowest BCUT2D eigenvalue weighted by atomic mass is 10.1. The van der Waals surface area contributed by atoms with E-state index in [1.165, 1.54) is 6.07 Å². The SMILES string of the molecule is CN1CCN(C(=O)CN(C2(C(=O)O)CC2c2ccccc2)S(=O)(=O)c2ccc(-c3ccc(Cl)cc3)s2)CC1. The molecule has 3 aromatic rings. The van der Waals surface area contributed by atoms with Crippen molar-refractivity contribution in [3.8, 4) is 10.4 Å². The number of halogens is 1. The average molecular weight is 574 g/mol. The number of carbonyl (C=O) groups is 2. The van der Waals surface area contributed by atoms with E-state index >= 15 is 0 Å². The number of carbonyl (C=O) groups excluding carboxylic acids is 1. The van der Waals surface area contributed by atoms with E-state index < -0.39 is 39.9 Å². The molecule has 1 saturated carbocycles. The van der Waals surface area contributed by atoms with Gasteiger partial charge in [-0.05, 0) is 48.9 Å². The second-order valence-electron chi connectivity index (χ2n) is 9.72. The minimum absolute atomic E-state index is 0.00651. The number of likely N-dealkylation sites (N-methyl/N-ethyl adjacent to an activating group) is 1. The minimum atomic E-state index is -4.33. The van der Waals surface area contributed by atoms with Crippen LogP contribution in [0.15, 0.2) is 70.9 Å². The van der Waals surface area contributed by atoms with Gasteiger partial charge in [0.1, 0.15) is 9.75 Å². The highest BCUT2D eigenvalue weighted by Crippen LogP contribution is 2.57. The van der Waals surface area contributed by atoms with E-state index in [-0.39, 0.29) is 10.6 Å². The molecule has 8 nitrogen and oxygen atoms in total. The predicted octanol–water partition coefficient (Wildman–Crippen LogP) is 3.84. The van der Waals surface area contributed by atoms with Crippen LogP contribution in [0.2, 0.25) is 5.02 Å². The smallest absolute Gasteiger partial charge is 0.325 e. The number of aliphatic carboxylic acids is 1. The summed E-state index contributed by atoms with van der Waals surface area (Å²) < 4.78 is 29.2. The number of sulfonamides is 1. The van der Waals surface area contributed by atoms with E-state index in [1.807, 2.05) is 13.1 Å². The molecule has 2 fully saturated rings. The highest BCUT2D eigenvalue weighted by atomic mass is 35.5. The predicted molar refractivity (Wildman–Crippen MR) is 147 cm³/mol. The van der Waals surface area contributed by atoms with Crippen molar-refractivity contribution in [2.45, 2.75) is 22.1 Å². The van der Waals surface area contributed by atoms with E-state index in [0.717, 1.165) is 26.8 Å². The Kier molecular flexibility index (Phi) is 7.36. The zero-order valence-electron chi connectivity index (χ0n) is 20.8. The van der Waals surface area contributed by atoms with Crippen LogP contribution in [0, 0.1) is 0 Å². The van der Waals surface area contributed by atoms with E-state index in [4.69, 9.17) is 11.6 Å². The molecule has 1 amide bonds. The van der Waals surface area contributed by atoms with E-state index in [9.17, 15) is 23.1 Å². The first kappa shape index (κ1) is 26.8. The fraction of sp³-hybridized carbons (Fsp3) is 0.333. The molecule has 11 heteroatoms. The number of amides is 1. The molecule has 1 aliphatic carbocycles. The van der Waals surface area contributed by atoms with Gasteiger partial charge in [-0.1, -0.05) is 54.1 Å². The summed E-state index contributed by atoms with van der Waals surface area (Å²) in [7, 11) is -2.37. The molecule has 1 aliphatic heterocycles. The van der Waals surface area contributed by atoms with Crippen molar-refractivity contribution >= 4 is 44.8 Å². The van der Waals surface area contributed by atoms with Crippen LogP contribution in [0.3, 0.4) is 0 Å². The maximum absolute atomic E-state index is 14.1. The van der Waals surface area contributed by atoms with Gasteiger partial charge in [-0.15, -0.1) is 11.3 Å². The van der Waals surface area contributed by atoms with Gasteiger partial charge < -0.3 is 14.9 Å². The van der Waals surface area contributed by atoms with Crippen LogP contribution >= 0.6 is 22.9 Å². The standard InChI is InChI=1S/C27H28ClN3O5S2/c1-29-13-15-30(16-14-29)24(32)18-31(27(26(33)34)17-22(27)19-5-3-2-4-6-19)38(35,36)25-12-11-23(37-25)20-7-9-21(28)10-8-20/h2-12,22H,13-18H2,1H3,(H,33,34). The molecule has 1 saturated heterocycles.